The second kappa shape index (κ2) is 8.12. The average Bonchev–Trinajstić information content (AvgIpc) is 3.05. The van der Waals surface area contributed by atoms with Gasteiger partial charge in [-0.15, -0.1) is 0 Å². The number of aromatic hydroxyl groups is 1. The zero-order chi connectivity index (χ0) is 20.2. The minimum atomic E-state index is -0.356. The van der Waals surface area contributed by atoms with E-state index in [1.165, 1.54) is 11.2 Å². The Kier molecular flexibility index (Phi) is 5.22. The number of benzene rings is 3. The zero-order valence-electron chi connectivity index (χ0n) is 15.2. The third-order valence-corrected chi connectivity index (χ3v) is 4.54. The largest absolute Gasteiger partial charge is 0.507 e. The lowest BCUT2D eigenvalue weighted by Crippen LogP contribution is -2.27. The molecule has 0 spiro atoms. The number of carbonyl (C=O) groups excluding carboxylic acids is 1. The van der Waals surface area contributed by atoms with E-state index in [1.54, 1.807) is 42.5 Å². The summed E-state index contributed by atoms with van der Waals surface area (Å²) in [6, 6.07) is 23.3. The summed E-state index contributed by atoms with van der Waals surface area (Å²) in [7, 11) is 0. The van der Waals surface area contributed by atoms with Crippen molar-refractivity contribution in [2.75, 3.05) is 0 Å². The number of nitrogens with zero attached hydrogens (tertiary/aromatic N) is 3. The van der Waals surface area contributed by atoms with Crippen molar-refractivity contribution < 1.29 is 9.90 Å². The molecule has 6 heteroatoms. The molecule has 1 aliphatic heterocycles. The predicted molar refractivity (Wildman–Crippen MR) is 115 cm³/mol. The fourth-order valence-corrected chi connectivity index (χ4v) is 2.95. The van der Waals surface area contributed by atoms with E-state index in [9.17, 15) is 9.90 Å². The van der Waals surface area contributed by atoms with Crippen molar-refractivity contribution in [1.82, 2.24) is 5.01 Å². The molecule has 4 rings (SSSR count). The van der Waals surface area contributed by atoms with Gasteiger partial charge in [-0.3, -0.25) is 4.79 Å². The summed E-state index contributed by atoms with van der Waals surface area (Å²) in [6.07, 6.45) is 3.13. The number of para-hydroxylation sites is 1. The van der Waals surface area contributed by atoms with Gasteiger partial charge in [0, 0.05) is 16.1 Å². The summed E-state index contributed by atoms with van der Waals surface area (Å²) in [6.45, 7) is 0. The number of amidine groups is 1. The lowest BCUT2D eigenvalue weighted by atomic mass is 10.2. The summed E-state index contributed by atoms with van der Waals surface area (Å²) >= 11 is 5.93. The third-order valence-electron chi connectivity index (χ3n) is 4.29. The third kappa shape index (κ3) is 4.10. The summed E-state index contributed by atoms with van der Waals surface area (Å²) in [5, 5.41) is 16.1. The van der Waals surface area contributed by atoms with Crippen LogP contribution in [0.2, 0.25) is 5.02 Å². The molecule has 0 saturated heterocycles. The molecular formula is C23H16ClN3O2. The Labute approximate surface area is 172 Å². The molecular weight excluding hydrogens is 386 g/mol. The quantitative estimate of drug-likeness (QED) is 0.508. The van der Waals surface area contributed by atoms with Gasteiger partial charge in [-0.25, -0.2) is 4.99 Å². The Morgan fingerprint density at radius 1 is 0.931 bits per heavy atom. The van der Waals surface area contributed by atoms with Crippen LogP contribution in [0.4, 0.5) is 0 Å². The highest BCUT2D eigenvalue weighted by atomic mass is 35.5. The molecule has 3 aromatic carbocycles. The Bertz CT molecular complexity index is 1140. The van der Waals surface area contributed by atoms with Gasteiger partial charge >= 0.3 is 0 Å². The molecule has 0 aliphatic carbocycles. The van der Waals surface area contributed by atoms with Crippen molar-refractivity contribution in [2.24, 2.45) is 10.1 Å². The normalized spacial score (nSPS) is 15.3. The van der Waals surface area contributed by atoms with E-state index in [1.807, 2.05) is 42.5 Å². The first kappa shape index (κ1) is 18.7. The maximum absolute atomic E-state index is 13.0. The van der Waals surface area contributed by atoms with Crippen LogP contribution >= 0.6 is 11.6 Å². The minimum Gasteiger partial charge on any atom is -0.507 e. The van der Waals surface area contributed by atoms with Gasteiger partial charge in [-0.05, 0) is 35.9 Å². The molecule has 1 N–H and O–H groups in total. The van der Waals surface area contributed by atoms with E-state index in [-0.39, 0.29) is 17.4 Å². The lowest BCUT2D eigenvalue weighted by molar-refractivity contribution is -0.122. The van der Waals surface area contributed by atoms with Gasteiger partial charge in [0.2, 0.25) is 0 Å². The van der Waals surface area contributed by atoms with Gasteiger partial charge in [-0.1, -0.05) is 66.2 Å². The molecule has 1 aliphatic rings. The van der Waals surface area contributed by atoms with Gasteiger partial charge in [0.05, 0.1) is 6.21 Å². The molecule has 29 heavy (non-hydrogen) atoms. The molecule has 1 amide bonds. The number of phenolic OH excluding ortho intramolecular Hbond substituents is 1. The number of hydrazone groups is 1. The first-order valence-corrected chi connectivity index (χ1v) is 9.27. The Morgan fingerprint density at radius 2 is 1.62 bits per heavy atom. The number of hydrogen-bond acceptors (Lipinski definition) is 4. The molecule has 5 nitrogen and oxygen atoms in total. The number of amides is 1. The molecule has 0 atom stereocenters. The molecule has 3 aromatic rings. The first-order chi connectivity index (χ1) is 14.1. The van der Waals surface area contributed by atoms with Crippen LogP contribution in [0.15, 0.2) is 94.7 Å². The Balaban J connectivity index is 1.73. The average molecular weight is 402 g/mol. The van der Waals surface area contributed by atoms with E-state index in [4.69, 9.17) is 11.6 Å². The predicted octanol–water partition coefficient (Wildman–Crippen LogP) is 4.71. The smallest absolute Gasteiger partial charge is 0.298 e. The van der Waals surface area contributed by atoms with Crippen LogP contribution in [-0.2, 0) is 4.79 Å². The van der Waals surface area contributed by atoms with Crippen molar-refractivity contribution in [3.05, 3.63) is 106 Å². The molecule has 0 saturated carbocycles. The van der Waals surface area contributed by atoms with Crippen LogP contribution in [-0.4, -0.2) is 28.1 Å². The van der Waals surface area contributed by atoms with E-state index in [2.05, 4.69) is 10.1 Å². The maximum atomic E-state index is 13.0. The summed E-state index contributed by atoms with van der Waals surface area (Å²) in [4.78, 5) is 17.5. The maximum Gasteiger partial charge on any atom is 0.298 e. The topological polar surface area (TPSA) is 65.3 Å². The molecule has 1 heterocycles. The van der Waals surface area contributed by atoms with E-state index < -0.39 is 0 Å². The summed E-state index contributed by atoms with van der Waals surface area (Å²) in [5.74, 6) is 0.144. The van der Waals surface area contributed by atoms with Crippen LogP contribution in [0.3, 0.4) is 0 Å². The number of halogens is 1. The van der Waals surface area contributed by atoms with Crippen LogP contribution in [0.5, 0.6) is 5.75 Å². The second-order valence-electron chi connectivity index (χ2n) is 6.30. The van der Waals surface area contributed by atoms with Gasteiger partial charge < -0.3 is 5.11 Å². The van der Waals surface area contributed by atoms with Crippen molar-refractivity contribution in [2.45, 2.75) is 0 Å². The Morgan fingerprint density at radius 3 is 2.34 bits per heavy atom. The highest BCUT2D eigenvalue weighted by molar-refractivity contribution is 6.30. The molecule has 0 radical (unpaired) electrons. The van der Waals surface area contributed by atoms with Gasteiger partial charge in [0.15, 0.2) is 5.84 Å². The summed E-state index contributed by atoms with van der Waals surface area (Å²) in [5.41, 5.74) is 2.33. The number of rotatable bonds is 4. The molecule has 0 fully saturated rings. The number of carbonyl (C=O) groups is 1. The second-order valence-corrected chi connectivity index (χ2v) is 6.74. The van der Waals surface area contributed by atoms with Crippen molar-refractivity contribution in [1.29, 1.82) is 0 Å². The Hall–Kier alpha value is -3.70. The molecule has 0 aromatic heterocycles. The molecule has 0 bridgehead atoms. The summed E-state index contributed by atoms with van der Waals surface area (Å²) < 4.78 is 0. The highest BCUT2D eigenvalue weighted by Crippen LogP contribution is 2.23. The van der Waals surface area contributed by atoms with Gasteiger partial charge in [0.25, 0.3) is 5.91 Å². The number of phenols is 1. The van der Waals surface area contributed by atoms with Crippen LogP contribution < -0.4 is 0 Å². The van der Waals surface area contributed by atoms with Crippen molar-refractivity contribution >= 4 is 35.6 Å². The zero-order valence-corrected chi connectivity index (χ0v) is 16.0. The standard InChI is InChI=1S/C23H16ClN3O2/c24-19-12-10-16(11-13-19)14-20-23(29)27(22(26-20)17-6-2-1-3-7-17)25-15-18-8-4-5-9-21(18)28/h1-15,28H/b20-14-,25-15+. The van der Waals surface area contributed by atoms with Gasteiger partial charge in [0.1, 0.15) is 11.4 Å². The van der Waals surface area contributed by atoms with E-state index >= 15 is 0 Å². The van der Waals surface area contributed by atoms with Crippen LogP contribution in [0.25, 0.3) is 6.08 Å². The minimum absolute atomic E-state index is 0.0815. The number of aliphatic imine (C=N–C) groups is 1. The van der Waals surface area contributed by atoms with Crippen LogP contribution in [0.1, 0.15) is 16.7 Å². The highest BCUT2D eigenvalue weighted by Gasteiger charge is 2.31. The monoisotopic (exact) mass is 401 g/mol. The van der Waals surface area contributed by atoms with Crippen LogP contribution in [0, 0.1) is 0 Å². The fraction of sp³-hybridized carbons (Fsp3) is 0. The van der Waals surface area contributed by atoms with E-state index in [0.29, 0.717) is 16.4 Å². The number of hydrogen-bond donors (Lipinski definition) is 1. The SMILES string of the molecule is O=C1/C(=C/c2ccc(Cl)cc2)N=C(c2ccccc2)N1/N=C/c1ccccc1O. The van der Waals surface area contributed by atoms with Gasteiger partial charge in [-0.2, -0.15) is 10.1 Å². The fourth-order valence-electron chi connectivity index (χ4n) is 2.82. The van der Waals surface area contributed by atoms with Crippen molar-refractivity contribution in [3.8, 4) is 5.75 Å². The van der Waals surface area contributed by atoms with Crippen molar-refractivity contribution in [3.63, 3.8) is 0 Å². The molecule has 0 unspecified atom stereocenters. The first-order valence-electron chi connectivity index (χ1n) is 8.89. The van der Waals surface area contributed by atoms with E-state index in [0.717, 1.165) is 11.1 Å². The molecule has 142 valence electrons. The lowest BCUT2D eigenvalue weighted by Gasteiger charge is -2.12.